The zero-order chi connectivity index (χ0) is 36.2. The molecule has 280 valence electrons. The molecule has 16 nitrogen and oxygen atoms in total. The van der Waals surface area contributed by atoms with Crippen molar-refractivity contribution in [3.05, 3.63) is 47.5 Å². The lowest BCUT2D eigenvalue weighted by Gasteiger charge is -2.34. The number of nitrogens with zero attached hydrogens (tertiary/aromatic N) is 6. The number of primary amides is 1. The summed E-state index contributed by atoms with van der Waals surface area (Å²) in [5, 5.41) is 9.43. The highest BCUT2D eigenvalue weighted by Gasteiger charge is 2.25. The van der Waals surface area contributed by atoms with Crippen LogP contribution in [0.25, 0.3) is 22.1 Å². The summed E-state index contributed by atoms with van der Waals surface area (Å²) in [6, 6.07) is 5.96. The van der Waals surface area contributed by atoms with Gasteiger partial charge in [0.15, 0.2) is 0 Å². The van der Waals surface area contributed by atoms with Crippen LogP contribution in [0.2, 0.25) is 0 Å². The Morgan fingerprint density at radius 3 is 1.92 bits per heavy atom. The molecular formula is C34H43Br2N9O7. The minimum absolute atomic E-state index is 0. The third-order valence-electron chi connectivity index (χ3n) is 7.92. The van der Waals surface area contributed by atoms with Crippen LogP contribution < -0.4 is 26.7 Å². The van der Waals surface area contributed by atoms with E-state index in [1.54, 1.807) is 26.2 Å². The maximum Gasteiger partial charge on any atom is 0.410 e. The molecule has 18 heteroatoms. The maximum atomic E-state index is 12.3. The highest BCUT2D eigenvalue weighted by molar-refractivity contribution is 8.93. The summed E-state index contributed by atoms with van der Waals surface area (Å²) in [6.45, 7) is 9.12. The van der Waals surface area contributed by atoms with Gasteiger partial charge in [0.05, 0.1) is 30.3 Å². The van der Waals surface area contributed by atoms with Crippen LogP contribution >= 0.6 is 34.0 Å². The van der Waals surface area contributed by atoms with Gasteiger partial charge < -0.3 is 50.6 Å². The Hall–Kier alpha value is -4.99. The Morgan fingerprint density at radius 1 is 0.865 bits per heavy atom. The largest absolute Gasteiger partial charge is 0.494 e. The number of rotatable bonds is 10. The van der Waals surface area contributed by atoms with E-state index in [4.69, 9.17) is 31.4 Å². The molecule has 2 aromatic carbocycles. The molecule has 5 rings (SSSR count). The van der Waals surface area contributed by atoms with Crippen LogP contribution in [0.1, 0.15) is 41.5 Å². The quantitative estimate of drug-likeness (QED) is 0.133. The first-order valence-electron chi connectivity index (χ1n) is 15.9. The van der Waals surface area contributed by atoms with E-state index in [0.717, 1.165) is 0 Å². The van der Waals surface area contributed by atoms with E-state index in [9.17, 15) is 19.5 Å². The molecule has 0 saturated carbocycles. The van der Waals surface area contributed by atoms with E-state index in [2.05, 4.69) is 26.7 Å². The number of amides is 2. The first kappa shape index (κ1) is 41.4. The van der Waals surface area contributed by atoms with E-state index in [1.165, 1.54) is 19.2 Å². The van der Waals surface area contributed by atoms with Crippen molar-refractivity contribution >= 4 is 85.9 Å². The number of carbonyl (C=O) groups is 3. The van der Waals surface area contributed by atoms with Crippen LogP contribution in [0.5, 0.6) is 11.5 Å². The third-order valence-corrected chi connectivity index (χ3v) is 7.92. The van der Waals surface area contributed by atoms with Crippen LogP contribution in [0.15, 0.2) is 36.4 Å². The number of hydrogen-bond donors (Lipinski definition) is 4. The lowest BCUT2D eigenvalue weighted by molar-refractivity contribution is 0.0155. The van der Waals surface area contributed by atoms with Crippen molar-refractivity contribution in [2.45, 2.75) is 39.5 Å². The van der Waals surface area contributed by atoms with Crippen molar-refractivity contribution in [2.75, 3.05) is 57.9 Å². The number of carboxylic acids is 1. The summed E-state index contributed by atoms with van der Waals surface area (Å²) in [4.78, 5) is 48.5. The standard InChI is InChI=1S/C34H41N9O7.2BrH/c1-34(2,3)50-33(47)41-14-12-40(13-15-41)9-7-8-16-49-26-19-21(29(35)44)17-23-28(26)43(32(37)38-23)11-6-5-10-42-27-24(39-31(42)36)18-22(30(45)46)20-25(27)48-4;;/h5-6,17-20H,9-16H2,1-4H3,(H2,35,44)(H2,36,39)(H2,37,38)(H,45,46);2*1H. The van der Waals surface area contributed by atoms with Crippen molar-refractivity contribution in [3.63, 3.8) is 0 Å². The Morgan fingerprint density at radius 2 is 1.40 bits per heavy atom. The number of allylic oxidation sites excluding steroid dienone is 2. The smallest absolute Gasteiger partial charge is 0.410 e. The number of aromatic carboxylic acids is 1. The second-order valence-electron chi connectivity index (χ2n) is 12.6. The molecule has 0 spiro atoms. The fourth-order valence-electron chi connectivity index (χ4n) is 5.50. The van der Waals surface area contributed by atoms with Gasteiger partial charge >= 0.3 is 12.1 Å². The molecule has 4 aromatic rings. The number of anilines is 2. The predicted octanol–water partition coefficient (Wildman–Crippen LogP) is 3.70. The number of nitrogens with two attached hydrogens (primary N) is 3. The fourth-order valence-corrected chi connectivity index (χ4v) is 5.50. The van der Waals surface area contributed by atoms with E-state index >= 15 is 0 Å². The number of carboxylic acid groups (broad SMARTS) is 1. The third kappa shape index (κ3) is 9.66. The summed E-state index contributed by atoms with van der Waals surface area (Å²) in [7, 11) is 1.45. The van der Waals surface area contributed by atoms with Crippen LogP contribution in [-0.4, -0.2) is 104 Å². The Labute approximate surface area is 321 Å². The minimum atomic E-state index is -1.10. The van der Waals surface area contributed by atoms with Crippen LogP contribution in [-0.2, 0) is 17.8 Å². The van der Waals surface area contributed by atoms with Gasteiger partial charge in [0.2, 0.25) is 17.8 Å². The zero-order valence-corrected chi connectivity index (χ0v) is 32.7. The molecule has 1 fully saturated rings. The number of methoxy groups -OCH3 is 1. The molecule has 1 saturated heterocycles. The average molecular weight is 850 g/mol. The van der Waals surface area contributed by atoms with E-state index in [1.807, 2.05) is 32.9 Å². The minimum Gasteiger partial charge on any atom is -0.494 e. The van der Waals surface area contributed by atoms with Gasteiger partial charge in [-0.2, -0.15) is 0 Å². The van der Waals surface area contributed by atoms with Crippen LogP contribution in [0.4, 0.5) is 16.7 Å². The average Bonchev–Trinajstić information content (AvgIpc) is 3.55. The Kier molecular flexibility index (Phi) is 13.9. The molecular weight excluding hydrogens is 806 g/mol. The SMILES string of the molecule is Br.Br.COc1cc(C(=O)O)cc2nc(N)n(CC=CCn3c(N)nc4cc(C(N)=O)cc(OCC#CCN5CCN(C(=O)OC(C)(C)C)CC5)c43)c12. The van der Waals surface area contributed by atoms with Crippen molar-refractivity contribution in [3.8, 4) is 23.3 Å². The van der Waals surface area contributed by atoms with Gasteiger partial charge in [-0.25, -0.2) is 19.6 Å². The lowest BCUT2D eigenvalue weighted by Crippen LogP contribution is -2.50. The number of piperazine rings is 1. The van der Waals surface area contributed by atoms with Crippen LogP contribution in [0, 0.1) is 11.8 Å². The van der Waals surface area contributed by atoms with Gasteiger partial charge in [-0.1, -0.05) is 24.0 Å². The number of hydrogen-bond acceptors (Lipinski definition) is 11. The molecule has 0 aliphatic carbocycles. The highest BCUT2D eigenvalue weighted by Crippen LogP contribution is 2.31. The topological polar surface area (TPSA) is 219 Å². The summed E-state index contributed by atoms with van der Waals surface area (Å²) in [5.41, 5.74) is 19.7. The number of carbonyl (C=O) groups excluding carboxylic acids is 2. The van der Waals surface area contributed by atoms with Gasteiger partial charge in [-0.15, -0.1) is 34.0 Å². The summed E-state index contributed by atoms with van der Waals surface area (Å²) >= 11 is 0. The molecule has 0 radical (unpaired) electrons. The predicted molar refractivity (Wildman–Crippen MR) is 208 cm³/mol. The molecule has 7 N–H and O–H groups in total. The summed E-state index contributed by atoms with van der Waals surface area (Å²) < 4.78 is 20.4. The first-order chi connectivity index (χ1) is 23.8. The van der Waals surface area contributed by atoms with Gasteiger partial charge in [0, 0.05) is 44.8 Å². The number of imidazole rings is 2. The molecule has 0 unspecified atom stereocenters. The lowest BCUT2D eigenvalue weighted by atomic mass is 10.1. The number of ether oxygens (including phenoxy) is 3. The Bertz CT molecular complexity index is 2040. The highest BCUT2D eigenvalue weighted by atomic mass is 79.9. The molecule has 3 heterocycles. The van der Waals surface area contributed by atoms with Crippen molar-refractivity contribution < 1.29 is 33.7 Å². The monoisotopic (exact) mass is 847 g/mol. The Balaban J connectivity index is 0.00000364. The van der Waals surface area contributed by atoms with Gasteiger partial charge in [-0.3, -0.25) is 9.69 Å². The number of aromatic nitrogens is 4. The fraction of sp³-hybridized carbons (Fsp3) is 0.382. The van der Waals surface area contributed by atoms with Gasteiger partial charge in [0.1, 0.15) is 34.7 Å². The number of halogens is 2. The van der Waals surface area contributed by atoms with Crippen molar-refractivity contribution in [2.24, 2.45) is 5.73 Å². The molecule has 1 aliphatic heterocycles. The first-order valence-corrected chi connectivity index (χ1v) is 15.9. The van der Waals surface area contributed by atoms with Crippen LogP contribution in [0.3, 0.4) is 0 Å². The number of fused-ring (bicyclic) bond motifs is 2. The second kappa shape index (κ2) is 17.5. The molecule has 0 atom stereocenters. The maximum absolute atomic E-state index is 12.3. The normalized spacial score (nSPS) is 13.3. The number of benzene rings is 2. The molecule has 0 bridgehead atoms. The van der Waals surface area contributed by atoms with E-state index in [-0.39, 0.29) is 69.7 Å². The van der Waals surface area contributed by atoms with E-state index < -0.39 is 17.5 Å². The van der Waals surface area contributed by atoms with E-state index in [0.29, 0.717) is 79.4 Å². The van der Waals surface area contributed by atoms with Crippen molar-refractivity contribution in [1.29, 1.82) is 0 Å². The summed E-state index contributed by atoms with van der Waals surface area (Å²) in [5.74, 6) is 5.45. The van der Waals surface area contributed by atoms with Gasteiger partial charge in [0.25, 0.3) is 0 Å². The number of nitrogen functional groups attached to an aromatic ring is 2. The molecule has 2 amide bonds. The molecule has 1 aliphatic rings. The molecule has 52 heavy (non-hydrogen) atoms. The summed E-state index contributed by atoms with van der Waals surface area (Å²) in [6.07, 6.45) is 3.39. The zero-order valence-electron chi connectivity index (χ0n) is 29.2. The molecule has 2 aromatic heterocycles. The second-order valence-corrected chi connectivity index (χ2v) is 12.6. The van der Waals surface area contributed by atoms with Crippen molar-refractivity contribution in [1.82, 2.24) is 28.9 Å². The van der Waals surface area contributed by atoms with Gasteiger partial charge in [-0.05, 0) is 45.0 Å².